The summed E-state index contributed by atoms with van der Waals surface area (Å²) in [6, 6.07) is 13.5. The number of hydrogen-bond donors (Lipinski definition) is 0. The van der Waals surface area contributed by atoms with Gasteiger partial charge in [0.2, 0.25) is 0 Å². The van der Waals surface area contributed by atoms with Crippen LogP contribution in [0.15, 0.2) is 58.8 Å². The second-order valence-corrected chi connectivity index (χ2v) is 4.85. The highest BCUT2D eigenvalue weighted by Crippen LogP contribution is 2.30. The molecule has 0 bridgehead atoms. The molecule has 0 fully saturated rings. The fraction of sp³-hybridized carbons (Fsp3) is 0. The molecule has 1 aromatic carbocycles. The SMILES string of the molecule is N#Cc1cc(Sc2ncnc3ccccc23)ccn1. The highest BCUT2D eigenvalue weighted by molar-refractivity contribution is 7.99. The van der Waals surface area contributed by atoms with Crippen molar-refractivity contribution in [3.05, 3.63) is 54.6 Å². The molecule has 0 aliphatic rings. The van der Waals surface area contributed by atoms with Crippen molar-refractivity contribution in [2.75, 3.05) is 0 Å². The van der Waals surface area contributed by atoms with Crippen molar-refractivity contribution in [2.45, 2.75) is 9.92 Å². The summed E-state index contributed by atoms with van der Waals surface area (Å²) in [4.78, 5) is 13.4. The van der Waals surface area contributed by atoms with Crippen LogP contribution in [-0.4, -0.2) is 15.0 Å². The van der Waals surface area contributed by atoms with Gasteiger partial charge in [-0.1, -0.05) is 30.0 Å². The van der Waals surface area contributed by atoms with E-state index in [4.69, 9.17) is 5.26 Å². The van der Waals surface area contributed by atoms with E-state index < -0.39 is 0 Å². The Hall–Kier alpha value is -2.45. The average molecular weight is 264 g/mol. The van der Waals surface area contributed by atoms with Crippen molar-refractivity contribution in [1.29, 1.82) is 5.26 Å². The third-order valence-electron chi connectivity index (χ3n) is 2.57. The Morgan fingerprint density at radius 1 is 1.05 bits per heavy atom. The van der Waals surface area contributed by atoms with E-state index in [1.54, 1.807) is 18.6 Å². The maximum atomic E-state index is 8.85. The summed E-state index contributed by atoms with van der Waals surface area (Å²) in [7, 11) is 0. The molecule has 0 saturated carbocycles. The van der Waals surface area contributed by atoms with Crippen LogP contribution in [0, 0.1) is 11.3 Å². The molecule has 0 saturated heterocycles. The van der Waals surface area contributed by atoms with Gasteiger partial charge < -0.3 is 0 Å². The van der Waals surface area contributed by atoms with Crippen LogP contribution in [0.1, 0.15) is 5.69 Å². The van der Waals surface area contributed by atoms with Gasteiger partial charge in [0.1, 0.15) is 23.1 Å². The molecule has 4 nitrogen and oxygen atoms in total. The van der Waals surface area contributed by atoms with Gasteiger partial charge in [0.05, 0.1) is 5.52 Å². The number of nitriles is 1. The molecule has 3 rings (SSSR count). The molecule has 0 amide bonds. The first-order chi connectivity index (χ1) is 9.36. The Balaban J connectivity index is 2.04. The van der Waals surface area contributed by atoms with Crippen molar-refractivity contribution in [1.82, 2.24) is 15.0 Å². The predicted molar refractivity (Wildman–Crippen MR) is 72.6 cm³/mol. The molecule has 90 valence electrons. The average Bonchev–Trinajstić information content (AvgIpc) is 2.48. The van der Waals surface area contributed by atoms with Gasteiger partial charge >= 0.3 is 0 Å². The largest absolute Gasteiger partial charge is 0.245 e. The van der Waals surface area contributed by atoms with Gasteiger partial charge in [0.25, 0.3) is 0 Å². The minimum atomic E-state index is 0.406. The van der Waals surface area contributed by atoms with Crippen LogP contribution in [0.3, 0.4) is 0 Å². The standard InChI is InChI=1S/C14H8N4S/c15-8-10-7-11(5-6-16-10)19-14-12-3-1-2-4-13(12)17-9-18-14/h1-7,9H. The van der Waals surface area contributed by atoms with Crippen molar-refractivity contribution in [3.63, 3.8) is 0 Å². The number of pyridine rings is 1. The maximum absolute atomic E-state index is 8.85. The summed E-state index contributed by atoms with van der Waals surface area (Å²) in [5.74, 6) is 0. The van der Waals surface area contributed by atoms with Gasteiger partial charge in [-0.3, -0.25) is 0 Å². The van der Waals surface area contributed by atoms with Crippen LogP contribution < -0.4 is 0 Å². The molecular weight excluding hydrogens is 256 g/mol. The van der Waals surface area contributed by atoms with E-state index in [-0.39, 0.29) is 0 Å². The summed E-state index contributed by atoms with van der Waals surface area (Å²) in [5, 5.41) is 10.7. The predicted octanol–water partition coefficient (Wildman–Crippen LogP) is 3.05. The van der Waals surface area contributed by atoms with Gasteiger partial charge in [-0.2, -0.15) is 5.26 Å². The van der Waals surface area contributed by atoms with Crippen LogP contribution in [-0.2, 0) is 0 Å². The van der Waals surface area contributed by atoms with Crippen molar-refractivity contribution in [3.8, 4) is 6.07 Å². The minimum absolute atomic E-state index is 0.406. The van der Waals surface area contributed by atoms with E-state index in [9.17, 15) is 0 Å². The lowest BCUT2D eigenvalue weighted by molar-refractivity contribution is 1.10. The van der Waals surface area contributed by atoms with E-state index in [0.717, 1.165) is 20.8 Å². The summed E-state index contributed by atoms with van der Waals surface area (Å²) in [5.41, 5.74) is 1.32. The van der Waals surface area contributed by atoms with E-state index in [1.165, 1.54) is 11.8 Å². The summed E-state index contributed by atoms with van der Waals surface area (Å²) in [6.07, 6.45) is 3.18. The zero-order chi connectivity index (χ0) is 13.1. The highest BCUT2D eigenvalue weighted by atomic mass is 32.2. The number of aromatic nitrogens is 3. The molecule has 19 heavy (non-hydrogen) atoms. The lowest BCUT2D eigenvalue weighted by Gasteiger charge is -2.04. The second-order valence-electron chi connectivity index (χ2n) is 3.79. The second kappa shape index (κ2) is 5.04. The molecule has 5 heteroatoms. The van der Waals surface area contributed by atoms with Gasteiger partial charge in [-0.25, -0.2) is 15.0 Å². The van der Waals surface area contributed by atoms with Gasteiger partial charge in [-0.05, 0) is 18.2 Å². The van der Waals surface area contributed by atoms with Crippen LogP contribution in [0.2, 0.25) is 0 Å². The Kier molecular flexibility index (Phi) is 3.09. The molecule has 0 N–H and O–H groups in total. The number of fused-ring (bicyclic) bond motifs is 1. The van der Waals surface area contributed by atoms with Crippen LogP contribution in [0.5, 0.6) is 0 Å². The van der Waals surface area contributed by atoms with Gasteiger partial charge in [-0.15, -0.1) is 0 Å². The number of para-hydroxylation sites is 1. The molecule has 0 aliphatic heterocycles. The maximum Gasteiger partial charge on any atom is 0.141 e. The molecule has 3 aromatic rings. The molecule has 2 aromatic heterocycles. The molecule has 0 unspecified atom stereocenters. The normalized spacial score (nSPS) is 10.3. The fourth-order valence-corrected chi connectivity index (χ4v) is 2.61. The Morgan fingerprint density at radius 2 is 1.95 bits per heavy atom. The first-order valence-electron chi connectivity index (χ1n) is 5.60. The monoisotopic (exact) mass is 264 g/mol. The number of benzene rings is 1. The summed E-state index contributed by atoms with van der Waals surface area (Å²) >= 11 is 1.50. The lowest BCUT2D eigenvalue weighted by atomic mass is 10.2. The molecule has 0 spiro atoms. The Bertz CT molecular complexity index is 774. The van der Waals surface area contributed by atoms with E-state index in [0.29, 0.717) is 5.69 Å². The first-order valence-corrected chi connectivity index (χ1v) is 6.42. The van der Waals surface area contributed by atoms with Crippen molar-refractivity contribution in [2.24, 2.45) is 0 Å². The Morgan fingerprint density at radius 3 is 2.84 bits per heavy atom. The third kappa shape index (κ3) is 2.39. The van der Waals surface area contributed by atoms with E-state index in [2.05, 4.69) is 15.0 Å². The smallest absolute Gasteiger partial charge is 0.141 e. The molecule has 2 heterocycles. The molecule has 0 aliphatic carbocycles. The number of hydrogen-bond acceptors (Lipinski definition) is 5. The quantitative estimate of drug-likeness (QED) is 0.666. The van der Waals surface area contributed by atoms with Crippen molar-refractivity contribution >= 4 is 22.7 Å². The van der Waals surface area contributed by atoms with Gasteiger partial charge in [0, 0.05) is 16.5 Å². The number of rotatable bonds is 2. The Labute approximate surface area is 114 Å². The third-order valence-corrected chi connectivity index (χ3v) is 3.58. The van der Waals surface area contributed by atoms with Crippen molar-refractivity contribution < 1.29 is 0 Å². The van der Waals surface area contributed by atoms with E-state index in [1.807, 2.05) is 36.4 Å². The van der Waals surface area contributed by atoms with Gasteiger partial charge in [0.15, 0.2) is 0 Å². The zero-order valence-corrected chi connectivity index (χ0v) is 10.6. The number of nitrogens with zero attached hydrogens (tertiary/aromatic N) is 4. The van der Waals surface area contributed by atoms with E-state index >= 15 is 0 Å². The highest BCUT2D eigenvalue weighted by Gasteiger charge is 2.05. The van der Waals surface area contributed by atoms with Crippen LogP contribution >= 0.6 is 11.8 Å². The fourth-order valence-electron chi connectivity index (χ4n) is 1.71. The minimum Gasteiger partial charge on any atom is -0.245 e. The molecule has 0 atom stereocenters. The van der Waals surface area contributed by atoms with Crippen LogP contribution in [0.25, 0.3) is 10.9 Å². The molecular formula is C14H8N4S. The first kappa shape index (κ1) is 11.6. The van der Waals surface area contributed by atoms with Crippen LogP contribution in [0.4, 0.5) is 0 Å². The summed E-state index contributed by atoms with van der Waals surface area (Å²) < 4.78 is 0. The molecule has 0 radical (unpaired) electrons. The zero-order valence-electron chi connectivity index (χ0n) is 9.82. The lowest BCUT2D eigenvalue weighted by Crippen LogP contribution is -1.87. The summed E-state index contributed by atoms with van der Waals surface area (Å²) in [6.45, 7) is 0. The topological polar surface area (TPSA) is 62.5 Å².